The van der Waals surface area contributed by atoms with Crippen LogP contribution < -0.4 is 0 Å². The summed E-state index contributed by atoms with van der Waals surface area (Å²) in [5.74, 6) is 0. The van der Waals surface area contributed by atoms with Gasteiger partial charge in [0.15, 0.2) is 0 Å². The molecule has 0 saturated heterocycles. The molecule has 1 aromatic heterocycles. The van der Waals surface area contributed by atoms with Crippen molar-refractivity contribution in [2.75, 3.05) is 0 Å². The summed E-state index contributed by atoms with van der Waals surface area (Å²) < 4.78 is 2.10. The van der Waals surface area contributed by atoms with Crippen LogP contribution in [0.1, 0.15) is 5.56 Å². The number of aromatic nitrogens is 1. The van der Waals surface area contributed by atoms with Crippen molar-refractivity contribution in [3.8, 4) is 0 Å². The Labute approximate surface area is 94.2 Å². The maximum atomic E-state index is 4.33. The number of rotatable bonds is 1. The van der Waals surface area contributed by atoms with Crippen LogP contribution in [0, 0.1) is 0 Å². The normalized spacial score (nSPS) is 12.4. The molecule has 0 aliphatic heterocycles. The smallest absolute Gasteiger partial charge is 0.0478 e. The minimum atomic E-state index is 0.888. The first kappa shape index (κ1) is 9.74. The van der Waals surface area contributed by atoms with Crippen LogP contribution in [0.3, 0.4) is 0 Å². The summed E-state index contributed by atoms with van der Waals surface area (Å²) >= 11 is 8.41. The van der Waals surface area contributed by atoms with Gasteiger partial charge >= 0.3 is 0 Å². The summed E-state index contributed by atoms with van der Waals surface area (Å²) in [6.45, 7) is 0. The molecule has 0 unspecified atom stereocenters. The number of hydrogen-bond donors (Lipinski definition) is 2. The van der Waals surface area contributed by atoms with Crippen LogP contribution in [-0.2, 0) is 7.05 Å². The van der Waals surface area contributed by atoms with Gasteiger partial charge in [0.1, 0.15) is 0 Å². The van der Waals surface area contributed by atoms with E-state index in [9.17, 15) is 0 Å². The van der Waals surface area contributed by atoms with Crippen LogP contribution in [0.15, 0.2) is 35.9 Å². The van der Waals surface area contributed by atoms with Crippen molar-refractivity contribution in [1.29, 1.82) is 0 Å². The number of fused-ring (bicyclic) bond motifs is 1. The van der Waals surface area contributed by atoms with Gasteiger partial charge in [-0.2, -0.15) is 12.6 Å². The van der Waals surface area contributed by atoms with Crippen LogP contribution >= 0.6 is 25.3 Å². The Morgan fingerprint density at radius 2 is 2.14 bits per heavy atom. The van der Waals surface area contributed by atoms with Crippen LogP contribution in [0.4, 0.5) is 0 Å². The molecule has 1 nitrogen and oxygen atoms in total. The van der Waals surface area contributed by atoms with E-state index in [2.05, 4.69) is 60.3 Å². The van der Waals surface area contributed by atoms with Crippen LogP contribution in [0.25, 0.3) is 15.8 Å². The molecule has 0 radical (unpaired) electrons. The molecular formula is C11H11NS2. The van der Waals surface area contributed by atoms with E-state index < -0.39 is 0 Å². The zero-order valence-corrected chi connectivity index (χ0v) is 9.59. The highest BCUT2D eigenvalue weighted by atomic mass is 32.1. The Hall–Kier alpha value is -0.800. The summed E-state index contributed by atoms with van der Waals surface area (Å²) in [6.07, 6.45) is 2.05. The molecule has 72 valence electrons. The fourth-order valence-corrected chi connectivity index (χ4v) is 1.80. The molecule has 0 spiro atoms. The minimum Gasteiger partial charge on any atom is -0.351 e. The molecule has 0 atom stereocenters. The van der Waals surface area contributed by atoms with Gasteiger partial charge in [0.05, 0.1) is 0 Å². The third kappa shape index (κ3) is 1.57. The highest BCUT2D eigenvalue weighted by Gasteiger charge is 2.00. The van der Waals surface area contributed by atoms with Gasteiger partial charge in [-0.05, 0) is 29.2 Å². The lowest BCUT2D eigenvalue weighted by Gasteiger charge is -2.01. The van der Waals surface area contributed by atoms with Crippen molar-refractivity contribution >= 4 is 41.1 Å². The fraction of sp³-hybridized carbons (Fsp3) is 0.0909. The molecular weight excluding hydrogens is 210 g/mol. The molecule has 0 amide bonds. The first-order chi connectivity index (χ1) is 6.72. The van der Waals surface area contributed by atoms with Gasteiger partial charge in [-0.25, -0.2) is 0 Å². The zero-order chi connectivity index (χ0) is 10.1. The molecule has 0 aliphatic carbocycles. The van der Waals surface area contributed by atoms with Crippen molar-refractivity contribution in [3.63, 3.8) is 0 Å². The first-order valence-electron chi connectivity index (χ1n) is 4.31. The average molecular weight is 221 g/mol. The average Bonchev–Trinajstić information content (AvgIpc) is 2.59. The Morgan fingerprint density at radius 3 is 2.86 bits per heavy atom. The van der Waals surface area contributed by atoms with E-state index >= 15 is 0 Å². The predicted molar refractivity (Wildman–Crippen MR) is 68.9 cm³/mol. The molecule has 1 heterocycles. The summed E-state index contributed by atoms with van der Waals surface area (Å²) in [4.78, 5) is 0.888. The molecule has 0 bridgehead atoms. The maximum Gasteiger partial charge on any atom is 0.0478 e. The number of thiol groups is 2. The van der Waals surface area contributed by atoms with E-state index in [1.807, 2.05) is 7.05 Å². The van der Waals surface area contributed by atoms with E-state index in [0.717, 1.165) is 10.5 Å². The summed E-state index contributed by atoms with van der Waals surface area (Å²) in [5, 5.41) is 2.93. The van der Waals surface area contributed by atoms with Crippen LogP contribution in [0.2, 0.25) is 0 Å². The third-order valence-corrected chi connectivity index (χ3v) is 3.15. The maximum absolute atomic E-state index is 4.33. The molecule has 0 N–H and O–H groups in total. The van der Waals surface area contributed by atoms with Crippen LogP contribution in [-0.4, -0.2) is 4.57 Å². The summed E-state index contributed by atoms with van der Waals surface area (Å²) in [6, 6.07) is 8.36. The van der Waals surface area contributed by atoms with E-state index in [1.54, 1.807) is 5.41 Å². The SMILES string of the molecule is Cn1ccc2cc(/C(S)=C/S)ccc21. The molecule has 2 rings (SSSR count). The molecule has 0 fully saturated rings. The number of aryl methyl sites for hydroxylation is 1. The molecule has 2 aromatic rings. The van der Waals surface area contributed by atoms with Gasteiger partial charge in [0, 0.05) is 29.1 Å². The first-order valence-corrected chi connectivity index (χ1v) is 5.27. The lowest BCUT2D eigenvalue weighted by molar-refractivity contribution is 0.969. The lowest BCUT2D eigenvalue weighted by atomic mass is 10.1. The topological polar surface area (TPSA) is 4.93 Å². The van der Waals surface area contributed by atoms with Gasteiger partial charge in [-0.1, -0.05) is 6.07 Å². The largest absolute Gasteiger partial charge is 0.351 e. The van der Waals surface area contributed by atoms with E-state index in [0.29, 0.717) is 0 Å². The number of hydrogen-bond acceptors (Lipinski definition) is 2. The third-order valence-electron chi connectivity index (χ3n) is 2.30. The Balaban J connectivity index is 2.63. The quantitative estimate of drug-likeness (QED) is 0.681. The highest BCUT2D eigenvalue weighted by molar-refractivity contribution is 7.92. The van der Waals surface area contributed by atoms with Gasteiger partial charge in [0.2, 0.25) is 0 Å². The fourth-order valence-electron chi connectivity index (χ4n) is 1.52. The lowest BCUT2D eigenvalue weighted by Crippen LogP contribution is -1.83. The molecule has 0 aliphatic rings. The Kier molecular flexibility index (Phi) is 2.61. The summed E-state index contributed by atoms with van der Waals surface area (Å²) in [7, 11) is 2.04. The zero-order valence-electron chi connectivity index (χ0n) is 7.81. The van der Waals surface area contributed by atoms with Gasteiger partial charge in [0.25, 0.3) is 0 Å². The number of nitrogens with zero attached hydrogens (tertiary/aromatic N) is 1. The van der Waals surface area contributed by atoms with Gasteiger partial charge in [-0.3, -0.25) is 0 Å². The van der Waals surface area contributed by atoms with Crippen molar-refractivity contribution < 1.29 is 0 Å². The molecule has 14 heavy (non-hydrogen) atoms. The second-order valence-corrected chi connectivity index (χ2v) is 3.95. The second kappa shape index (κ2) is 3.75. The van der Waals surface area contributed by atoms with Crippen molar-refractivity contribution in [3.05, 3.63) is 41.4 Å². The van der Waals surface area contributed by atoms with E-state index in [-0.39, 0.29) is 0 Å². The standard InChI is InChI=1S/C11H11NS2/c1-12-5-4-8-6-9(11(14)7-13)2-3-10(8)12/h2-7,13-14H,1H3/b11-7-. The highest BCUT2D eigenvalue weighted by Crippen LogP contribution is 2.24. The molecule has 1 aromatic carbocycles. The van der Waals surface area contributed by atoms with Crippen LogP contribution in [0.5, 0.6) is 0 Å². The minimum absolute atomic E-state index is 0.888. The van der Waals surface area contributed by atoms with Gasteiger partial charge < -0.3 is 4.57 Å². The Morgan fingerprint density at radius 1 is 1.36 bits per heavy atom. The predicted octanol–water partition coefficient (Wildman–Crippen LogP) is 3.34. The molecule has 3 heteroatoms. The van der Waals surface area contributed by atoms with E-state index in [1.165, 1.54) is 10.9 Å². The second-order valence-electron chi connectivity index (χ2n) is 3.21. The van der Waals surface area contributed by atoms with Gasteiger partial charge in [-0.15, -0.1) is 12.6 Å². The van der Waals surface area contributed by atoms with E-state index in [4.69, 9.17) is 0 Å². The van der Waals surface area contributed by atoms with Crippen molar-refractivity contribution in [1.82, 2.24) is 4.57 Å². The Bertz CT molecular complexity index is 497. The van der Waals surface area contributed by atoms with Crippen molar-refractivity contribution in [2.24, 2.45) is 7.05 Å². The molecule has 0 saturated carbocycles. The summed E-state index contributed by atoms with van der Waals surface area (Å²) in [5.41, 5.74) is 2.33. The number of benzene rings is 1. The monoisotopic (exact) mass is 221 g/mol. The van der Waals surface area contributed by atoms with Crippen molar-refractivity contribution in [2.45, 2.75) is 0 Å².